The van der Waals surface area contributed by atoms with E-state index in [0.717, 1.165) is 25.1 Å². The molecule has 0 spiro atoms. The third kappa shape index (κ3) is 1.58. The summed E-state index contributed by atoms with van der Waals surface area (Å²) in [5.41, 5.74) is 7.70. The first kappa shape index (κ1) is 12.0. The molecule has 22 heavy (non-hydrogen) atoms. The zero-order valence-electron chi connectivity index (χ0n) is 12.3. The lowest BCUT2D eigenvalue weighted by atomic mass is 9.95. The zero-order chi connectivity index (χ0) is 14.5. The molecule has 0 fully saturated rings. The van der Waals surface area contributed by atoms with Gasteiger partial charge >= 0.3 is 0 Å². The Morgan fingerprint density at radius 1 is 0.909 bits per heavy atom. The Bertz CT molecular complexity index is 943. The maximum atomic E-state index is 4.98. The normalized spacial score (nSPS) is 16.2. The second kappa shape index (κ2) is 4.44. The number of aromatic nitrogens is 1. The van der Waals surface area contributed by atoms with Crippen molar-refractivity contribution in [2.45, 2.75) is 19.4 Å². The molecule has 2 aliphatic rings. The van der Waals surface area contributed by atoms with Crippen molar-refractivity contribution in [1.29, 1.82) is 0 Å². The summed E-state index contributed by atoms with van der Waals surface area (Å²) in [6.45, 7) is 1.07. The van der Waals surface area contributed by atoms with Gasteiger partial charge in [0, 0.05) is 23.9 Å². The van der Waals surface area contributed by atoms with E-state index in [9.17, 15) is 0 Å². The van der Waals surface area contributed by atoms with Gasteiger partial charge in [-0.2, -0.15) is 0 Å². The van der Waals surface area contributed by atoms with E-state index in [0.29, 0.717) is 0 Å². The Balaban J connectivity index is 1.78. The van der Waals surface area contributed by atoms with E-state index in [2.05, 4.69) is 65.2 Å². The molecule has 2 heteroatoms. The minimum absolute atomic E-state index is 0.921. The molecule has 0 amide bonds. The number of hydrogen-bond donors (Lipinski definition) is 0. The van der Waals surface area contributed by atoms with Crippen LogP contribution in [0.2, 0.25) is 0 Å². The SMILES string of the molecule is C1=C2N=C(c3ccccc3)Cc3c2n(c2ccccc32)CC1. The smallest absolute Gasteiger partial charge is 0.0834 e. The highest BCUT2D eigenvalue weighted by molar-refractivity contribution is 6.10. The Morgan fingerprint density at radius 3 is 2.64 bits per heavy atom. The fraction of sp³-hybridized carbons (Fsp3) is 0.150. The standard InChI is InChI=1S/C20H16N2/c1-2-7-14(8-3-1)18-13-16-15-9-4-5-11-19(15)22-12-6-10-17(21-18)20(16)22/h1-5,7-11H,6,12-13H2. The van der Waals surface area contributed by atoms with Crippen molar-refractivity contribution >= 4 is 22.3 Å². The van der Waals surface area contributed by atoms with Gasteiger partial charge in [-0.3, -0.25) is 4.99 Å². The van der Waals surface area contributed by atoms with Crippen molar-refractivity contribution in [1.82, 2.24) is 4.57 Å². The lowest BCUT2D eigenvalue weighted by Gasteiger charge is -2.22. The fourth-order valence-electron chi connectivity index (χ4n) is 3.75. The topological polar surface area (TPSA) is 17.3 Å². The third-order valence-electron chi connectivity index (χ3n) is 4.72. The second-order valence-electron chi connectivity index (χ2n) is 5.98. The van der Waals surface area contributed by atoms with Gasteiger partial charge in [0.15, 0.2) is 0 Å². The maximum Gasteiger partial charge on any atom is 0.0834 e. The highest BCUT2D eigenvalue weighted by Gasteiger charge is 2.27. The van der Waals surface area contributed by atoms with Crippen LogP contribution in [0.1, 0.15) is 23.2 Å². The van der Waals surface area contributed by atoms with Gasteiger partial charge in [0.25, 0.3) is 0 Å². The molecule has 0 saturated heterocycles. The summed E-state index contributed by atoms with van der Waals surface area (Å²) in [5, 5.41) is 1.38. The lowest BCUT2D eigenvalue weighted by Crippen LogP contribution is -2.16. The van der Waals surface area contributed by atoms with Gasteiger partial charge < -0.3 is 4.57 Å². The maximum absolute atomic E-state index is 4.98. The predicted octanol–water partition coefficient (Wildman–Crippen LogP) is 4.43. The molecule has 0 unspecified atom stereocenters. The van der Waals surface area contributed by atoms with E-state index in [-0.39, 0.29) is 0 Å². The van der Waals surface area contributed by atoms with Gasteiger partial charge in [-0.05, 0) is 23.6 Å². The summed E-state index contributed by atoms with van der Waals surface area (Å²) in [5.74, 6) is 0. The van der Waals surface area contributed by atoms with E-state index in [1.54, 1.807) is 0 Å². The van der Waals surface area contributed by atoms with Crippen LogP contribution in [-0.4, -0.2) is 10.3 Å². The predicted molar refractivity (Wildman–Crippen MR) is 91.2 cm³/mol. The first-order valence-electron chi connectivity index (χ1n) is 7.85. The summed E-state index contributed by atoms with van der Waals surface area (Å²) < 4.78 is 2.45. The van der Waals surface area contributed by atoms with Crippen LogP contribution in [-0.2, 0) is 13.0 Å². The van der Waals surface area contributed by atoms with Crippen molar-refractivity contribution in [2.75, 3.05) is 0 Å². The molecule has 0 atom stereocenters. The number of benzene rings is 2. The first-order chi connectivity index (χ1) is 10.9. The van der Waals surface area contributed by atoms with Crippen molar-refractivity contribution in [3.8, 4) is 0 Å². The van der Waals surface area contributed by atoms with E-state index < -0.39 is 0 Å². The van der Waals surface area contributed by atoms with Crippen LogP contribution in [0.4, 0.5) is 0 Å². The molecule has 0 radical (unpaired) electrons. The van der Waals surface area contributed by atoms with E-state index in [1.165, 1.54) is 33.4 Å². The number of hydrogen-bond acceptors (Lipinski definition) is 1. The van der Waals surface area contributed by atoms with Gasteiger partial charge in [-0.1, -0.05) is 54.6 Å². The molecule has 1 aromatic heterocycles. The first-order valence-corrected chi connectivity index (χ1v) is 7.85. The van der Waals surface area contributed by atoms with Crippen molar-refractivity contribution in [2.24, 2.45) is 4.99 Å². The average Bonchev–Trinajstić information content (AvgIpc) is 2.92. The van der Waals surface area contributed by atoms with E-state index in [1.807, 2.05) is 0 Å². The molecule has 0 N–H and O–H groups in total. The highest BCUT2D eigenvalue weighted by Crippen LogP contribution is 2.38. The summed E-state index contributed by atoms with van der Waals surface area (Å²) in [6, 6.07) is 19.3. The molecule has 3 heterocycles. The zero-order valence-corrected chi connectivity index (χ0v) is 12.3. The molecular weight excluding hydrogens is 268 g/mol. The summed E-state index contributed by atoms with van der Waals surface area (Å²) >= 11 is 0. The third-order valence-corrected chi connectivity index (χ3v) is 4.72. The van der Waals surface area contributed by atoms with Gasteiger partial charge in [-0.15, -0.1) is 0 Å². The van der Waals surface area contributed by atoms with E-state index in [4.69, 9.17) is 4.99 Å². The molecule has 2 nitrogen and oxygen atoms in total. The molecule has 106 valence electrons. The lowest BCUT2D eigenvalue weighted by molar-refractivity contribution is 0.707. The number of rotatable bonds is 1. The van der Waals surface area contributed by atoms with Crippen LogP contribution in [0, 0.1) is 0 Å². The van der Waals surface area contributed by atoms with Crippen LogP contribution < -0.4 is 0 Å². The highest BCUT2D eigenvalue weighted by atomic mass is 15.0. The van der Waals surface area contributed by atoms with Crippen molar-refractivity contribution < 1.29 is 0 Å². The fourth-order valence-corrected chi connectivity index (χ4v) is 3.75. The monoisotopic (exact) mass is 284 g/mol. The van der Waals surface area contributed by atoms with Crippen LogP contribution in [0.3, 0.4) is 0 Å². The Hall–Kier alpha value is -2.61. The minimum Gasteiger partial charge on any atom is -0.339 e. The van der Waals surface area contributed by atoms with Crippen LogP contribution in [0.15, 0.2) is 65.7 Å². The number of nitrogens with zero attached hydrogens (tertiary/aromatic N) is 2. The summed E-state index contributed by atoms with van der Waals surface area (Å²) in [7, 11) is 0. The molecule has 0 saturated carbocycles. The van der Waals surface area contributed by atoms with Crippen molar-refractivity contribution in [3.05, 3.63) is 77.5 Å². The van der Waals surface area contributed by atoms with Gasteiger partial charge in [-0.25, -0.2) is 0 Å². The largest absolute Gasteiger partial charge is 0.339 e. The molecular formula is C20H16N2. The van der Waals surface area contributed by atoms with Crippen LogP contribution >= 0.6 is 0 Å². The molecule has 0 aliphatic carbocycles. The number of allylic oxidation sites excluding steroid dienone is 1. The Morgan fingerprint density at radius 2 is 1.73 bits per heavy atom. The van der Waals surface area contributed by atoms with Gasteiger partial charge in [0.05, 0.1) is 17.1 Å². The Kier molecular flexibility index (Phi) is 2.42. The summed E-state index contributed by atoms with van der Waals surface area (Å²) in [6.07, 6.45) is 4.27. The quantitative estimate of drug-likeness (QED) is 0.629. The average molecular weight is 284 g/mol. The number of aliphatic imine (C=N–C) groups is 1. The molecule has 0 bridgehead atoms. The van der Waals surface area contributed by atoms with Crippen LogP contribution in [0.5, 0.6) is 0 Å². The molecule has 3 aromatic rings. The molecule has 2 aromatic carbocycles. The number of para-hydroxylation sites is 1. The van der Waals surface area contributed by atoms with Gasteiger partial charge in [0.1, 0.15) is 0 Å². The molecule has 2 aliphatic heterocycles. The number of fused-ring (bicyclic) bond motifs is 3. The summed E-state index contributed by atoms with van der Waals surface area (Å²) in [4.78, 5) is 4.98. The molecule has 5 rings (SSSR count). The second-order valence-corrected chi connectivity index (χ2v) is 5.98. The van der Waals surface area contributed by atoms with Gasteiger partial charge in [0.2, 0.25) is 0 Å². The Labute approximate surface area is 129 Å². The minimum atomic E-state index is 0.921. The van der Waals surface area contributed by atoms with Crippen molar-refractivity contribution in [3.63, 3.8) is 0 Å². The van der Waals surface area contributed by atoms with Crippen LogP contribution in [0.25, 0.3) is 16.6 Å². The van der Waals surface area contributed by atoms with E-state index >= 15 is 0 Å². The number of aryl methyl sites for hydroxylation is 1.